The molecule has 0 radical (unpaired) electrons. The fourth-order valence-corrected chi connectivity index (χ4v) is 6.00. The number of carbonyl (C=O) groups is 1. The maximum atomic E-state index is 13.0. The van der Waals surface area contributed by atoms with Crippen LogP contribution in [-0.4, -0.2) is 57.0 Å². The molecule has 2 aromatic heterocycles. The summed E-state index contributed by atoms with van der Waals surface area (Å²) in [7, 11) is 0. The Bertz CT molecular complexity index is 755. The average Bonchev–Trinajstić information content (AvgIpc) is 3.36. The number of rotatable bonds is 3. The monoisotopic (exact) mass is 358 g/mol. The van der Waals surface area contributed by atoms with Crippen LogP contribution in [0.1, 0.15) is 32.2 Å². The first-order chi connectivity index (χ1) is 12.1. The number of carbonyl (C=O) groups excluding carboxylic acids is 1. The van der Waals surface area contributed by atoms with E-state index in [4.69, 9.17) is 0 Å². The van der Waals surface area contributed by atoms with Gasteiger partial charge in [0.2, 0.25) is 11.0 Å². The summed E-state index contributed by atoms with van der Waals surface area (Å²) in [4.78, 5) is 17.5. The second-order valence-corrected chi connectivity index (χ2v) is 8.66. The van der Waals surface area contributed by atoms with Crippen LogP contribution < -0.4 is 4.90 Å². The first-order valence-electron chi connectivity index (χ1n) is 8.92. The van der Waals surface area contributed by atoms with Crippen molar-refractivity contribution in [1.29, 1.82) is 0 Å². The van der Waals surface area contributed by atoms with Crippen molar-refractivity contribution in [2.24, 2.45) is 10.8 Å². The van der Waals surface area contributed by atoms with E-state index < -0.39 is 0 Å². The first kappa shape index (κ1) is 15.3. The van der Waals surface area contributed by atoms with Crippen LogP contribution in [-0.2, 0) is 4.79 Å². The number of nitrogens with zero attached hydrogens (tertiary/aromatic N) is 6. The molecule has 1 amide bonds. The third-order valence-corrected chi connectivity index (χ3v) is 7.37. The maximum absolute atomic E-state index is 13.0. The lowest BCUT2D eigenvalue weighted by Gasteiger charge is -2.29. The molecule has 1 aliphatic carbocycles. The number of hydrogen-bond acceptors (Lipinski definition) is 6. The molecule has 1 saturated carbocycles. The predicted molar refractivity (Wildman–Crippen MR) is 94.4 cm³/mol. The summed E-state index contributed by atoms with van der Waals surface area (Å²) in [5.74, 6) is 0.196. The molecule has 2 aromatic rings. The quantitative estimate of drug-likeness (QED) is 0.837. The molecule has 0 aromatic carbocycles. The van der Waals surface area contributed by atoms with Crippen LogP contribution in [0.3, 0.4) is 0 Å². The molecule has 0 spiro atoms. The Balaban J connectivity index is 1.39. The van der Waals surface area contributed by atoms with Crippen LogP contribution in [0.5, 0.6) is 0 Å². The molecule has 8 heteroatoms. The van der Waals surface area contributed by atoms with E-state index in [0.717, 1.165) is 31.3 Å². The van der Waals surface area contributed by atoms with Crippen molar-refractivity contribution in [2.45, 2.75) is 32.2 Å². The zero-order chi connectivity index (χ0) is 17.1. The number of amides is 1. The smallest absolute Gasteiger partial charge is 0.247 e. The fourth-order valence-electron chi connectivity index (χ4n) is 5.44. The van der Waals surface area contributed by atoms with Crippen LogP contribution in [0.15, 0.2) is 24.0 Å². The zero-order valence-electron chi connectivity index (χ0n) is 14.3. The molecule has 0 bridgehead atoms. The minimum absolute atomic E-state index is 0.196. The highest BCUT2D eigenvalue weighted by Gasteiger charge is 2.66. The van der Waals surface area contributed by atoms with Crippen LogP contribution in [0.2, 0.25) is 0 Å². The molecular weight excluding hydrogens is 336 g/mol. The van der Waals surface area contributed by atoms with Gasteiger partial charge in [-0.3, -0.25) is 9.48 Å². The zero-order valence-corrected chi connectivity index (χ0v) is 15.2. The molecule has 3 unspecified atom stereocenters. The second-order valence-electron chi connectivity index (χ2n) is 7.85. The van der Waals surface area contributed by atoms with Gasteiger partial charge in [0.1, 0.15) is 11.6 Å². The Labute approximate surface area is 150 Å². The third kappa shape index (κ3) is 2.09. The molecule has 3 fully saturated rings. The van der Waals surface area contributed by atoms with Crippen molar-refractivity contribution in [2.75, 3.05) is 31.1 Å². The Morgan fingerprint density at radius 3 is 2.60 bits per heavy atom. The fraction of sp³-hybridized carbons (Fsp3) is 0.647. The molecule has 7 nitrogen and oxygen atoms in total. The summed E-state index contributed by atoms with van der Waals surface area (Å²) in [6.07, 6.45) is 7.30. The van der Waals surface area contributed by atoms with Gasteiger partial charge >= 0.3 is 0 Å². The van der Waals surface area contributed by atoms with Gasteiger partial charge in [0.05, 0.1) is 0 Å². The van der Waals surface area contributed by atoms with Gasteiger partial charge in [0.25, 0.3) is 0 Å². The van der Waals surface area contributed by atoms with Crippen molar-refractivity contribution in [1.82, 2.24) is 24.9 Å². The van der Waals surface area contributed by atoms with Crippen LogP contribution in [0.25, 0.3) is 0 Å². The van der Waals surface area contributed by atoms with Gasteiger partial charge in [-0.05, 0) is 25.8 Å². The van der Waals surface area contributed by atoms with E-state index >= 15 is 0 Å². The van der Waals surface area contributed by atoms with Gasteiger partial charge in [0.15, 0.2) is 0 Å². The van der Waals surface area contributed by atoms with E-state index in [0.29, 0.717) is 0 Å². The standard InChI is InChI=1S/C17H22N6OS/c1-13(23-7-3-6-19-23)14(24)21-8-16-4-2-5-17(16,9-21)11-22(10-16)15-20-18-12-25-15/h3,6-7,12-13H,2,4-5,8-11H2,1H3. The van der Waals surface area contributed by atoms with Gasteiger partial charge in [-0.1, -0.05) is 17.8 Å². The topological polar surface area (TPSA) is 67.2 Å². The number of anilines is 1. The third-order valence-electron chi connectivity index (χ3n) is 6.62. The first-order valence-corrected chi connectivity index (χ1v) is 9.80. The van der Waals surface area contributed by atoms with E-state index in [1.807, 2.05) is 19.2 Å². The maximum Gasteiger partial charge on any atom is 0.247 e. The predicted octanol–water partition coefficient (Wildman–Crippen LogP) is 1.81. The molecule has 5 rings (SSSR count). The van der Waals surface area contributed by atoms with E-state index in [1.165, 1.54) is 19.3 Å². The van der Waals surface area contributed by atoms with E-state index in [2.05, 4.69) is 25.1 Å². The molecule has 4 heterocycles. The van der Waals surface area contributed by atoms with E-state index in [1.54, 1.807) is 27.7 Å². The normalized spacial score (nSPS) is 32.0. The van der Waals surface area contributed by atoms with Gasteiger partial charge in [-0.2, -0.15) is 5.10 Å². The highest BCUT2D eigenvalue weighted by atomic mass is 32.1. The molecule has 2 aliphatic heterocycles. The largest absolute Gasteiger partial charge is 0.345 e. The minimum atomic E-state index is -0.235. The Morgan fingerprint density at radius 1 is 1.24 bits per heavy atom. The molecule has 132 valence electrons. The van der Waals surface area contributed by atoms with Crippen LogP contribution >= 0.6 is 11.3 Å². The Morgan fingerprint density at radius 2 is 2.00 bits per heavy atom. The summed E-state index contributed by atoms with van der Waals surface area (Å²) in [6.45, 7) is 5.69. The summed E-state index contributed by atoms with van der Waals surface area (Å²) < 4.78 is 1.76. The van der Waals surface area contributed by atoms with Gasteiger partial charge in [0, 0.05) is 49.4 Å². The highest BCUT2D eigenvalue weighted by molar-refractivity contribution is 7.13. The van der Waals surface area contributed by atoms with E-state index in [9.17, 15) is 4.79 Å². The summed E-state index contributed by atoms with van der Waals surface area (Å²) in [5, 5.41) is 13.5. The van der Waals surface area contributed by atoms with Crippen molar-refractivity contribution < 1.29 is 4.79 Å². The molecule has 3 aliphatic rings. The van der Waals surface area contributed by atoms with Gasteiger partial charge in [-0.25, -0.2) is 0 Å². The SMILES string of the molecule is CC(C(=O)N1CC23CCCC2(C1)CN(c1nncs1)C3)n1cccn1. The lowest BCUT2D eigenvalue weighted by molar-refractivity contribution is -0.134. The lowest BCUT2D eigenvalue weighted by atomic mass is 9.71. The number of aromatic nitrogens is 4. The van der Waals surface area contributed by atoms with Crippen molar-refractivity contribution in [3.05, 3.63) is 24.0 Å². The van der Waals surface area contributed by atoms with Crippen LogP contribution in [0, 0.1) is 10.8 Å². The second kappa shape index (κ2) is 5.27. The molecule has 0 N–H and O–H groups in total. The molecule has 3 atom stereocenters. The summed E-state index contributed by atoms with van der Waals surface area (Å²) in [6, 6.07) is 1.63. The van der Waals surface area contributed by atoms with E-state index in [-0.39, 0.29) is 22.8 Å². The Kier molecular flexibility index (Phi) is 3.22. The van der Waals surface area contributed by atoms with Gasteiger partial charge < -0.3 is 9.80 Å². The summed E-state index contributed by atoms with van der Waals surface area (Å²) >= 11 is 1.61. The molecule has 25 heavy (non-hydrogen) atoms. The Hall–Kier alpha value is -1.96. The molecule has 2 saturated heterocycles. The van der Waals surface area contributed by atoms with Gasteiger partial charge in [-0.15, -0.1) is 10.2 Å². The van der Waals surface area contributed by atoms with Crippen molar-refractivity contribution in [3.63, 3.8) is 0 Å². The summed E-state index contributed by atoms with van der Waals surface area (Å²) in [5.41, 5.74) is 2.24. The highest BCUT2D eigenvalue weighted by Crippen LogP contribution is 2.62. The number of hydrogen-bond donors (Lipinski definition) is 0. The average molecular weight is 358 g/mol. The van der Waals surface area contributed by atoms with Crippen molar-refractivity contribution in [3.8, 4) is 0 Å². The van der Waals surface area contributed by atoms with Crippen molar-refractivity contribution >= 4 is 22.4 Å². The minimum Gasteiger partial charge on any atom is -0.345 e. The molecular formula is C17H22N6OS. The van der Waals surface area contributed by atoms with Crippen LogP contribution in [0.4, 0.5) is 5.13 Å². The number of likely N-dealkylation sites (tertiary alicyclic amines) is 1. The lowest BCUT2D eigenvalue weighted by Crippen LogP contribution is -2.40.